The lowest BCUT2D eigenvalue weighted by Crippen LogP contribution is -2.34. The van der Waals surface area contributed by atoms with Gasteiger partial charge in [-0.15, -0.1) is 0 Å². The largest absolute Gasteiger partial charge is 0.262 e. The molecule has 0 fully saturated rings. The van der Waals surface area contributed by atoms with Crippen LogP contribution >= 0.6 is 0 Å². The summed E-state index contributed by atoms with van der Waals surface area (Å²) in [6, 6.07) is 2.18. The molecule has 2 aromatic heterocycles. The Labute approximate surface area is 115 Å². The van der Waals surface area contributed by atoms with Crippen molar-refractivity contribution in [2.45, 2.75) is 51.9 Å². The predicted molar refractivity (Wildman–Crippen MR) is 79.3 cm³/mol. The van der Waals surface area contributed by atoms with E-state index in [-0.39, 0.29) is 5.41 Å². The molecule has 1 aliphatic carbocycles. The fraction of sp³-hybridized carbons (Fsp3) is 0.529. The van der Waals surface area contributed by atoms with Gasteiger partial charge >= 0.3 is 0 Å². The summed E-state index contributed by atoms with van der Waals surface area (Å²) in [5, 5.41) is 1.37. The molecule has 0 aromatic carbocycles. The zero-order valence-corrected chi connectivity index (χ0v) is 12.1. The second kappa shape index (κ2) is 4.59. The van der Waals surface area contributed by atoms with E-state index in [9.17, 15) is 0 Å². The summed E-state index contributed by atoms with van der Waals surface area (Å²) in [4.78, 5) is 8.93. The van der Waals surface area contributed by atoms with Crippen LogP contribution in [0, 0.1) is 5.92 Å². The van der Waals surface area contributed by atoms with E-state index in [1.807, 2.05) is 12.4 Å². The maximum atomic E-state index is 4.49. The molecule has 1 aliphatic rings. The highest BCUT2D eigenvalue weighted by atomic mass is 14.7. The lowest BCUT2D eigenvalue weighted by Gasteiger charge is -2.40. The molecule has 0 aliphatic heterocycles. The minimum atomic E-state index is 0.249. The number of nitrogens with zero attached hydrogens (tertiary/aromatic N) is 2. The molecule has 2 aromatic rings. The first-order valence-corrected chi connectivity index (χ1v) is 7.39. The van der Waals surface area contributed by atoms with Crippen LogP contribution in [-0.4, -0.2) is 9.97 Å². The van der Waals surface area contributed by atoms with E-state index in [1.165, 1.54) is 42.2 Å². The molecule has 2 nitrogen and oxygen atoms in total. The lowest BCUT2D eigenvalue weighted by atomic mass is 9.64. The van der Waals surface area contributed by atoms with E-state index in [1.54, 1.807) is 0 Å². The Kier molecular flexibility index (Phi) is 3.04. The van der Waals surface area contributed by atoms with Gasteiger partial charge in [0.1, 0.15) is 0 Å². The third-order valence-electron chi connectivity index (χ3n) is 5.07. The summed E-state index contributed by atoms with van der Waals surface area (Å²) in [5.41, 5.74) is 4.17. The summed E-state index contributed by atoms with van der Waals surface area (Å²) >= 11 is 0. The second-order valence-electron chi connectivity index (χ2n) is 6.16. The van der Waals surface area contributed by atoms with Crippen LogP contribution in [0.1, 0.15) is 51.2 Å². The Morgan fingerprint density at radius 3 is 3.00 bits per heavy atom. The highest BCUT2D eigenvalue weighted by Crippen LogP contribution is 2.45. The summed E-state index contributed by atoms with van der Waals surface area (Å²) in [6.07, 6.45) is 10.8. The average molecular weight is 254 g/mol. The summed E-state index contributed by atoms with van der Waals surface area (Å²) in [6.45, 7) is 7.08. The van der Waals surface area contributed by atoms with Crippen molar-refractivity contribution >= 4 is 10.9 Å². The smallest absolute Gasteiger partial charge is 0.0890 e. The van der Waals surface area contributed by atoms with E-state index < -0.39 is 0 Å². The molecule has 19 heavy (non-hydrogen) atoms. The van der Waals surface area contributed by atoms with Crippen molar-refractivity contribution in [3.8, 4) is 0 Å². The summed E-state index contributed by atoms with van der Waals surface area (Å²) in [7, 11) is 0. The first kappa shape index (κ1) is 12.6. The van der Waals surface area contributed by atoms with E-state index in [4.69, 9.17) is 0 Å². The van der Waals surface area contributed by atoms with Crippen LogP contribution in [0.4, 0.5) is 0 Å². The SMILES string of the molecule is CCCC(C)C1(C)CCc2ccnc3cncc1c23. The van der Waals surface area contributed by atoms with Crippen LogP contribution in [0.15, 0.2) is 24.7 Å². The van der Waals surface area contributed by atoms with Crippen molar-refractivity contribution in [1.82, 2.24) is 9.97 Å². The number of aryl methyl sites for hydroxylation is 1. The maximum Gasteiger partial charge on any atom is 0.0890 e. The highest BCUT2D eigenvalue weighted by molar-refractivity contribution is 5.86. The van der Waals surface area contributed by atoms with Gasteiger partial charge in [0.2, 0.25) is 0 Å². The topological polar surface area (TPSA) is 25.8 Å². The monoisotopic (exact) mass is 254 g/mol. The van der Waals surface area contributed by atoms with E-state index >= 15 is 0 Å². The van der Waals surface area contributed by atoms with Crippen LogP contribution < -0.4 is 0 Å². The molecule has 0 saturated carbocycles. The average Bonchev–Trinajstić information content (AvgIpc) is 2.43. The minimum Gasteiger partial charge on any atom is -0.262 e. The number of hydrogen-bond acceptors (Lipinski definition) is 2. The molecule has 0 amide bonds. The molecular formula is C17H22N2. The van der Waals surface area contributed by atoms with Crippen molar-refractivity contribution in [3.05, 3.63) is 35.8 Å². The van der Waals surface area contributed by atoms with Crippen molar-refractivity contribution < 1.29 is 0 Å². The fourth-order valence-corrected chi connectivity index (χ4v) is 3.61. The van der Waals surface area contributed by atoms with Gasteiger partial charge in [0, 0.05) is 17.8 Å². The minimum absolute atomic E-state index is 0.249. The van der Waals surface area contributed by atoms with Gasteiger partial charge in [0.05, 0.1) is 11.7 Å². The number of rotatable bonds is 3. The first-order valence-electron chi connectivity index (χ1n) is 7.39. The molecule has 2 atom stereocenters. The van der Waals surface area contributed by atoms with Crippen LogP contribution in [0.5, 0.6) is 0 Å². The fourth-order valence-electron chi connectivity index (χ4n) is 3.61. The van der Waals surface area contributed by atoms with E-state index in [0.29, 0.717) is 5.92 Å². The van der Waals surface area contributed by atoms with Crippen LogP contribution in [0.3, 0.4) is 0 Å². The lowest BCUT2D eigenvalue weighted by molar-refractivity contribution is 0.272. The quantitative estimate of drug-likeness (QED) is 0.817. The van der Waals surface area contributed by atoms with Crippen molar-refractivity contribution in [2.24, 2.45) is 5.92 Å². The Hall–Kier alpha value is -1.44. The van der Waals surface area contributed by atoms with Crippen LogP contribution in [0.2, 0.25) is 0 Å². The zero-order valence-electron chi connectivity index (χ0n) is 12.1. The number of aromatic nitrogens is 2. The second-order valence-corrected chi connectivity index (χ2v) is 6.16. The van der Waals surface area contributed by atoms with Gasteiger partial charge in [0.25, 0.3) is 0 Å². The number of hydrogen-bond donors (Lipinski definition) is 0. The Balaban J connectivity index is 2.21. The Bertz CT molecular complexity index is 600. The van der Waals surface area contributed by atoms with E-state index in [0.717, 1.165) is 5.52 Å². The zero-order chi connectivity index (χ0) is 13.5. The van der Waals surface area contributed by atoms with Gasteiger partial charge in [0.15, 0.2) is 0 Å². The van der Waals surface area contributed by atoms with Crippen molar-refractivity contribution in [3.63, 3.8) is 0 Å². The van der Waals surface area contributed by atoms with Crippen LogP contribution in [0.25, 0.3) is 10.9 Å². The van der Waals surface area contributed by atoms with Gasteiger partial charge in [-0.1, -0.05) is 33.6 Å². The van der Waals surface area contributed by atoms with Gasteiger partial charge in [-0.25, -0.2) is 0 Å². The Morgan fingerprint density at radius 2 is 2.21 bits per heavy atom. The van der Waals surface area contributed by atoms with Crippen LogP contribution in [-0.2, 0) is 11.8 Å². The maximum absolute atomic E-state index is 4.49. The van der Waals surface area contributed by atoms with Gasteiger partial charge in [-0.05, 0) is 41.4 Å². The van der Waals surface area contributed by atoms with Crippen molar-refractivity contribution in [1.29, 1.82) is 0 Å². The van der Waals surface area contributed by atoms with Gasteiger partial charge < -0.3 is 0 Å². The molecule has 0 bridgehead atoms. The molecular weight excluding hydrogens is 232 g/mol. The van der Waals surface area contributed by atoms with E-state index in [2.05, 4.69) is 43.0 Å². The Morgan fingerprint density at radius 1 is 1.37 bits per heavy atom. The molecule has 2 unspecified atom stereocenters. The van der Waals surface area contributed by atoms with Gasteiger partial charge in [-0.2, -0.15) is 0 Å². The normalized spacial score (nSPS) is 23.5. The molecule has 0 radical (unpaired) electrons. The third-order valence-corrected chi connectivity index (χ3v) is 5.07. The first-order chi connectivity index (χ1) is 9.16. The third kappa shape index (κ3) is 1.85. The standard InChI is InChI=1S/C17H22N2/c1-4-5-12(2)17(3)8-6-13-7-9-19-15-11-18-10-14(17)16(13)15/h7,9-12H,4-6,8H2,1-3H3. The number of pyridine rings is 2. The molecule has 0 saturated heterocycles. The molecule has 2 heterocycles. The molecule has 0 spiro atoms. The molecule has 0 N–H and O–H groups in total. The van der Waals surface area contributed by atoms with Gasteiger partial charge in [-0.3, -0.25) is 9.97 Å². The summed E-state index contributed by atoms with van der Waals surface area (Å²) in [5.74, 6) is 0.693. The highest BCUT2D eigenvalue weighted by Gasteiger charge is 2.37. The molecule has 3 rings (SSSR count). The summed E-state index contributed by atoms with van der Waals surface area (Å²) < 4.78 is 0. The molecule has 100 valence electrons. The van der Waals surface area contributed by atoms with Crippen molar-refractivity contribution in [2.75, 3.05) is 0 Å². The molecule has 2 heteroatoms. The predicted octanol–water partition coefficient (Wildman–Crippen LogP) is 4.27.